The van der Waals surface area contributed by atoms with Crippen molar-refractivity contribution in [3.05, 3.63) is 18.1 Å². The molecule has 0 spiro atoms. The summed E-state index contributed by atoms with van der Waals surface area (Å²) in [5, 5.41) is 11.9. The molecule has 6 nitrogen and oxygen atoms in total. The van der Waals surface area contributed by atoms with E-state index in [1.54, 1.807) is 0 Å². The van der Waals surface area contributed by atoms with Crippen molar-refractivity contribution < 1.29 is 9.90 Å². The molecule has 0 saturated carbocycles. The minimum Gasteiger partial charge on any atom is -0.476 e. The number of hydrogen-bond acceptors (Lipinski definition) is 5. The van der Waals surface area contributed by atoms with E-state index < -0.39 is 5.97 Å². The Kier molecular flexibility index (Phi) is 4.45. The van der Waals surface area contributed by atoms with E-state index in [0.29, 0.717) is 0 Å². The maximum atomic E-state index is 10.6. The largest absolute Gasteiger partial charge is 0.476 e. The first-order chi connectivity index (χ1) is 7.27. The van der Waals surface area contributed by atoms with E-state index in [1.165, 1.54) is 12.4 Å². The zero-order valence-corrected chi connectivity index (χ0v) is 9.40. The molecule has 0 atom stereocenters. The van der Waals surface area contributed by atoms with Crippen molar-refractivity contribution in [2.24, 2.45) is 0 Å². The molecule has 1 aromatic heterocycles. The van der Waals surface area contributed by atoms with Gasteiger partial charge in [0.05, 0.1) is 12.4 Å². The zero-order chi connectivity index (χ0) is 10.7. The van der Waals surface area contributed by atoms with Crippen molar-refractivity contribution in [2.45, 2.75) is 0 Å². The number of carboxylic acid groups (broad SMARTS) is 1. The summed E-state index contributed by atoms with van der Waals surface area (Å²) in [5.74, 6) is -0.309. The fourth-order valence-electron chi connectivity index (χ4n) is 1.49. The van der Waals surface area contributed by atoms with Crippen LogP contribution in [0.25, 0.3) is 0 Å². The van der Waals surface area contributed by atoms with Crippen molar-refractivity contribution in [1.82, 2.24) is 15.3 Å². The second-order valence-electron chi connectivity index (χ2n) is 3.30. The first kappa shape index (κ1) is 12.7. The minimum absolute atomic E-state index is 0. The molecule has 0 amide bonds. The SMILES string of the molecule is Cl.O=C(O)c1cnc(N2CCNCC2)cn1. The average molecular weight is 245 g/mol. The first-order valence-corrected chi connectivity index (χ1v) is 4.78. The summed E-state index contributed by atoms with van der Waals surface area (Å²) in [5.41, 5.74) is -0.0196. The molecule has 0 unspecified atom stereocenters. The highest BCUT2D eigenvalue weighted by Gasteiger charge is 2.12. The highest BCUT2D eigenvalue weighted by molar-refractivity contribution is 5.85. The van der Waals surface area contributed by atoms with E-state index in [-0.39, 0.29) is 18.1 Å². The highest BCUT2D eigenvalue weighted by Crippen LogP contribution is 2.09. The van der Waals surface area contributed by atoms with Crippen LogP contribution in [0.3, 0.4) is 0 Å². The number of aromatic carboxylic acids is 1. The van der Waals surface area contributed by atoms with Crippen molar-refractivity contribution in [1.29, 1.82) is 0 Å². The highest BCUT2D eigenvalue weighted by atomic mass is 35.5. The van der Waals surface area contributed by atoms with E-state index in [4.69, 9.17) is 5.11 Å². The summed E-state index contributed by atoms with van der Waals surface area (Å²) in [4.78, 5) is 20.5. The van der Waals surface area contributed by atoms with E-state index in [9.17, 15) is 4.79 Å². The van der Waals surface area contributed by atoms with Gasteiger partial charge in [0.2, 0.25) is 0 Å². The van der Waals surface area contributed by atoms with Gasteiger partial charge in [-0.3, -0.25) is 0 Å². The van der Waals surface area contributed by atoms with Gasteiger partial charge in [0.1, 0.15) is 5.82 Å². The molecule has 0 aliphatic carbocycles. The molecule has 16 heavy (non-hydrogen) atoms. The van der Waals surface area contributed by atoms with E-state index >= 15 is 0 Å². The number of hydrogen-bond donors (Lipinski definition) is 2. The van der Waals surface area contributed by atoms with Crippen molar-refractivity contribution in [3.63, 3.8) is 0 Å². The number of anilines is 1. The van der Waals surface area contributed by atoms with E-state index in [1.807, 2.05) is 0 Å². The lowest BCUT2D eigenvalue weighted by atomic mass is 10.3. The Labute approximate surface area is 99.1 Å². The molecule has 1 aliphatic heterocycles. The number of carbonyl (C=O) groups is 1. The number of aromatic nitrogens is 2. The van der Waals surface area contributed by atoms with Crippen molar-refractivity contribution in [2.75, 3.05) is 31.1 Å². The number of nitrogens with one attached hydrogen (secondary N) is 1. The quantitative estimate of drug-likeness (QED) is 0.763. The molecule has 2 N–H and O–H groups in total. The summed E-state index contributed by atoms with van der Waals surface area (Å²) in [6, 6.07) is 0. The Balaban J connectivity index is 0.00000128. The van der Waals surface area contributed by atoms with Gasteiger partial charge in [0.15, 0.2) is 5.69 Å². The molecule has 1 saturated heterocycles. The van der Waals surface area contributed by atoms with E-state index in [0.717, 1.165) is 32.0 Å². The van der Waals surface area contributed by atoms with Crippen LogP contribution in [-0.2, 0) is 0 Å². The molecule has 0 radical (unpaired) electrons. The molecule has 1 aromatic rings. The Bertz CT molecular complexity index is 351. The van der Waals surface area contributed by atoms with Gasteiger partial charge in [0.25, 0.3) is 0 Å². The Hall–Kier alpha value is -1.40. The molecular weight excluding hydrogens is 232 g/mol. The summed E-state index contributed by atoms with van der Waals surface area (Å²) >= 11 is 0. The van der Waals surface area contributed by atoms with Crippen molar-refractivity contribution in [3.8, 4) is 0 Å². The standard InChI is InChI=1S/C9H12N4O2.ClH/c14-9(15)7-5-12-8(6-11-7)13-3-1-10-2-4-13;/h5-6,10H,1-4H2,(H,14,15);1H. The third kappa shape index (κ3) is 2.80. The van der Waals surface area contributed by atoms with Crippen LogP contribution in [0.15, 0.2) is 12.4 Å². The smallest absolute Gasteiger partial charge is 0.356 e. The number of piperazine rings is 1. The zero-order valence-electron chi connectivity index (χ0n) is 8.59. The van der Waals surface area contributed by atoms with Crippen LogP contribution in [0.1, 0.15) is 10.5 Å². The Morgan fingerprint density at radius 3 is 2.50 bits per heavy atom. The van der Waals surface area contributed by atoms with Crippen LogP contribution >= 0.6 is 12.4 Å². The van der Waals surface area contributed by atoms with Gasteiger partial charge in [-0.25, -0.2) is 14.8 Å². The number of nitrogens with zero attached hydrogens (tertiary/aromatic N) is 3. The molecule has 88 valence electrons. The van der Waals surface area contributed by atoms with Gasteiger partial charge in [0, 0.05) is 26.2 Å². The van der Waals surface area contributed by atoms with Crippen LogP contribution in [0.5, 0.6) is 0 Å². The van der Waals surface area contributed by atoms with Gasteiger partial charge >= 0.3 is 5.97 Å². The second kappa shape index (κ2) is 5.62. The normalized spacial score (nSPS) is 15.4. The van der Waals surface area contributed by atoms with E-state index in [2.05, 4.69) is 20.2 Å². The maximum absolute atomic E-state index is 10.6. The lowest BCUT2D eigenvalue weighted by Crippen LogP contribution is -2.43. The summed E-state index contributed by atoms with van der Waals surface area (Å²) in [6.45, 7) is 3.59. The van der Waals surface area contributed by atoms with Crippen molar-refractivity contribution >= 4 is 24.2 Å². The predicted molar refractivity (Wildman–Crippen MR) is 61.3 cm³/mol. The molecule has 2 rings (SSSR count). The maximum Gasteiger partial charge on any atom is 0.356 e. The Morgan fingerprint density at radius 2 is 2.00 bits per heavy atom. The fraction of sp³-hybridized carbons (Fsp3) is 0.444. The molecule has 7 heteroatoms. The number of halogens is 1. The predicted octanol–water partition coefficient (Wildman–Crippen LogP) is 0.00620. The van der Waals surface area contributed by atoms with Crippen LogP contribution in [-0.4, -0.2) is 47.2 Å². The lowest BCUT2D eigenvalue weighted by Gasteiger charge is -2.27. The first-order valence-electron chi connectivity index (χ1n) is 4.78. The molecule has 2 heterocycles. The van der Waals surface area contributed by atoms with Gasteiger partial charge in [-0.2, -0.15) is 0 Å². The third-order valence-electron chi connectivity index (χ3n) is 2.30. The Morgan fingerprint density at radius 1 is 1.31 bits per heavy atom. The summed E-state index contributed by atoms with van der Waals surface area (Å²) in [6.07, 6.45) is 2.80. The fourth-order valence-corrected chi connectivity index (χ4v) is 1.49. The van der Waals surface area contributed by atoms with Crippen LogP contribution in [0.2, 0.25) is 0 Å². The molecule has 0 aromatic carbocycles. The minimum atomic E-state index is -1.05. The monoisotopic (exact) mass is 244 g/mol. The number of rotatable bonds is 2. The van der Waals surface area contributed by atoms with Gasteiger partial charge < -0.3 is 15.3 Å². The van der Waals surface area contributed by atoms with Gasteiger partial charge in [-0.15, -0.1) is 12.4 Å². The lowest BCUT2D eigenvalue weighted by molar-refractivity contribution is 0.0690. The molecular formula is C9H13ClN4O2. The molecule has 1 fully saturated rings. The molecule has 1 aliphatic rings. The second-order valence-corrected chi connectivity index (χ2v) is 3.30. The molecule has 0 bridgehead atoms. The van der Waals surface area contributed by atoms with Gasteiger partial charge in [-0.05, 0) is 0 Å². The van der Waals surface area contributed by atoms with Gasteiger partial charge in [-0.1, -0.05) is 0 Å². The third-order valence-corrected chi connectivity index (χ3v) is 2.30. The summed E-state index contributed by atoms with van der Waals surface area (Å²) in [7, 11) is 0. The topological polar surface area (TPSA) is 78.3 Å². The summed E-state index contributed by atoms with van der Waals surface area (Å²) < 4.78 is 0. The van der Waals surface area contributed by atoms with Crippen LogP contribution in [0.4, 0.5) is 5.82 Å². The number of carboxylic acids is 1. The van der Waals surface area contributed by atoms with Crippen LogP contribution in [0, 0.1) is 0 Å². The van der Waals surface area contributed by atoms with Crippen LogP contribution < -0.4 is 10.2 Å². The average Bonchev–Trinajstić information content (AvgIpc) is 2.30.